The summed E-state index contributed by atoms with van der Waals surface area (Å²) in [5.41, 5.74) is 0. The summed E-state index contributed by atoms with van der Waals surface area (Å²) in [6.07, 6.45) is 6.45. The van der Waals surface area contributed by atoms with Crippen molar-refractivity contribution < 1.29 is 45.7 Å². The Bertz CT molecular complexity index is 200. The Labute approximate surface area is 122 Å². The molecule has 0 amide bonds. The summed E-state index contributed by atoms with van der Waals surface area (Å²) in [5, 5.41) is 23.9. The van der Waals surface area contributed by atoms with Crippen LogP contribution >= 0.6 is 0 Å². The highest BCUT2D eigenvalue weighted by Crippen LogP contribution is 2.16. The second-order valence-corrected chi connectivity index (χ2v) is 5.37. The first-order valence-electron chi connectivity index (χ1n) is 6.80. The van der Waals surface area contributed by atoms with E-state index >= 15 is 0 Å². The van der Waals surface area contributed by atoms with Gasteiger partial charge in [-0.3, -0.25) is 0 Å². The molecule has 2 fully saturated rings. The lowest BCUT2D eigenvalue weighted by molar-refractivity contribution is -0.758. The van der Waals surface area contributed by atoms with Gasteiger partial charge in [0.15, 0.2) is 0 Å². The molecule has 0 aromatic carbocycles. The Morgan fingerprint density at radius 3 is 1.39 bits per heavy atom. The lowest BCUT2D eigenvalue weighted by Crippen LogP contribution is -3.00. The monoisotopic (exact) mass is 300 g/mol. The summed E-state index contributed by atoms with van der Waals surface area (Å²) in [7, 11) is 0. The molecule has 0 radical (unpaired) electrons. The van der Waals surface area contributed by atoms with Crippen molar-refractivity contribution in [2.24, 2.45) is 0 Å². The van der Waals surface area contributed by atoms with Crippen LogP contribution in [0.15, 0.2) is 0 Å². The third kappa shape index (κ3) is 5.19. The maximum atomic E-state index is 9.66. The zero-order chi connectivity index (χ0) is 11.4. The van der Waals surface area contributed by atoms with E-state index in [2.05, 4.69) is 10.6 Å². The summed E-state index contributed by atoms with van der Waals surface area (Å²) in [6, 6.07) is 0.865. The van der Waals surface area contributed by atoms with E-state index in [1.807, 2.05) is 0 Å². The summed E-state index contributed by atoms with van der Waals surface area (Å²) in [4.78, 5) is 0. The van der Waals surface area contributed by atoms with Gasteiger partial charge in [-0.2, -0.15) is 0 Å². The smallest absolute Gasteiger partial charge is 0.126 e. The van der Waals surface area contributed by atoms with Crippen molar-refractivity contribution in [2.75, 3.05) is 13.1 Å². The summed E-state index contributed by atoms with van der Waals surface area (Å²) in [6.45, 7) is 2.12. The molecule has 0 aliphatic heterocycles. The Morgan fingerprint density at radius 2 is 1.11 bits per heavy atom. The minimum absolute atomic E-state index is 0. The molecule has 0 heterocycles. The van der Waals surface area contributed by atoms with Crippen LogP contribution in [0.2, 0.25) is 0 Å². The van der Waals surface area contributed by atoms with Gasteiger partial charge in [0.1, 0.15) is 37.4 Å². The van der Waals surface area contributed by atoms with Crippen molar-refractivity contribution in [2.45, 2.75) is 62.8 Å². The van der Waals surface area contributed by atoms with Crippen LogP contribution < -0.4 is 35.4 Å². The van der Waals surface area contributed by atoms with Gasteiger partial charge < -0.3 is 45.7 Å². The van der Waals surface area contributed by atoms with E-state index in [4.69, 9.17) is 0 Å². The van der Waals surface area contributed by atoms with Crippen LogP contribution in [0.4, 0.5) is 0 Å². The van der Waals surface area contributed by atoms with Gasteiger partial charge in [0, 0.05) is 12.8 Å². The van der Waals surface area contributed by atoms with Crippen molar-refractivity contribution >= 4 is 0 Å². The second kappa shape index (κ2) is 9.34. The number of hydrogen-bond acceptors (Lipinski definition) is 2. The van der Waals surface area contributed by atoms with E-state index < -0.39 is 0 Å². The predicted octanol–water partition coefficient (Wildman–Crippen LogP) is -8.05. The standard InChI is InChI=1S/C12H24N2O2.2ClH/c15-11-5-1-3-9(11)13-7-8-14-10-4-2-6-12(10)16;;/h9-16H,1-8H2;2*1H/t9-,10+,11-,12+;;. The molecule has 2 saturated carbocycles. The number of quaternary nitrogens is 2. The van der Waals surface area contributed by atoms with Gasteiger partial charge in [0.2, 0.25) is 0 Å². The molecule has 6 heteroatoms. The van der Waals surface area contributed by atoms with Crippen LogP contribution in [0, 0.1) is 0 Å². The molecule has 0 bridgehead atoms. The molecule has 0 aromatic rings. The first-order valence-corrected chi connectivity index (χ1v) is 6.80. The average Bonchev–Trinajstić information content (AvgIpc) is 2.84. The Morgan fingerprint density at radius 1 is 0.722 bits per heavy atom. The SMILES string of the molecule is O[C@@H]1CCC[C@H]1[NH2+]CC[NH2+][C@H]1CCC[C@@H]1O.[Cl-].[Cl-]. The Hall–Kier alpha value is 0.420. The summed E-state index contributed by atoms with van der Waals surface area (Å²) in [5.74, 6) is 0. The van der Waals surface area contributed by atoms with Crippen LogP contribution in [0.1, 0.15) is 38.5 Å². The first kappa shape index (κ1) is 18.4. The molecule has 2 aliphatic carbocycles. The first-order chi connectivity index (χ1) is 7.77. The summed E-state index contributed by atoms with van der Waals surface area (Å²) < 4.78 is 0. The van der Waals surface area contributed by atoms with Gasteiger partial charge in [0.25, 0.3) is 0 Å². The van der Waals surface area contributed by atoms with Gasteiger partial charge in [-0.15, -0.1) is 0 Å². The molecule has 0 saturated heterocycles. The molecule has 0 aromatic heterocycles. The molecule has 4 nitrogen and oxygen atoms in total. The maximum absolute atomic E-state index is 9.66. The van der Waals surface area contributed by atoms with Crippen LogP contribution in [0.3, 0.4) is 0 Å². The maximum Gasteiger partial charge on any atom is 0.126 e. The van der Waals surface area contributed by atoms with Gasteiger partial charge in [0.05, 0.1) is 0 Å². The van der Waals surface area contributed by atoms with Crippen molar-refractivity contribution in [1.82, 2.24) is 0 Å². The number of halogens is 2. The lowest BCUT2D eigenvalue weighted by Gasteiger charge is -2.15. The molecular formula is C12H26Cl2N2O2. The molecular weight excluding hydrogens is 275 g/mol. The van der Waals surface area contributed by atoms with Crippen LogP contribution in [-0.4, -0.2) is 47.6 Å². The van der Waals surface area contributed by atoms with E-state index in [9.17, 15) is 10.2 Å². The minimum Gasteiger partial charge on any atom is -1.00 e. The largest absolute Gasteiger partial charge is 1.00 e. The quantitative estimate of drug-likeness (QED) is 0.381. The lowest BCUT2D eigenvalue weighted by atomic mass is 10.2. The van der Waals surface area contributed by atoms with Crippen LogP contribution in [0.5, 0.6) is 0 Å². The Kier molecular flexibility index (Phi) is 9.56. The van der Waals surface area contributed by atoms with E-state index in [0.717, 1.165) is 38.8 Å². The molecule has 0 spiro atoms. The van der Waals surface area contributed by atoms with Crippen molar-refractivity contribution in [1.29, 1.82) is 0 Å². The molecule has 6 N–H and O–H groups in total. The zero-order valence-electron chi connectivity index (χ0n) is 10.8. The molecule has 2 rings (SSSR count). The van der Waals surface area contributed by atoms with E-state index in [1.54, 1.807) is 0 Å². The molecule has 110 valence electrons. The number of rotatable bonds is 5. The van der Waals surface area contributed by atoms with Crippen molar-refractivity contribution in [3.63, 3.8) is 0 Å². The normalized spacial score (nSPS) is 35.0. The number of nitrogens with two attached hydrogens (primary N) is 2. The van der Waals surface area contributed by atoms with E-state index in [1.165, 1.54) is 12.8 Å². The Balaban J connectivity index is 0.00000144. The third-order valence-electron chi connectivity index (χ3n) is 4.17. The van der Waals surface area contributed by atoms with Gasteiger partial charge in [-0.05, 0) is 25.7 Å². The van der Waals surface area contributed by atoms with Crippen LogP contribution in [0.25, 0.3) is 0 Å². The molecule has 4 atom stereocenters. The number of aliphatic hydroxyl groups is 2. The topological polar surface area (TPSA) is 73.7 Å². The third-order valence-corrected chi connectivity index (χ3v) is 4.17. The van der Waals surface area contributed by atoms with Crippen molar-refractivity contribution in [3.8, 4) is 0 Å². The fourth-order valence-corrected chi connectivity index (χ4v) is 3.11. The zero-order valence-corrected chi connectivity index (χ0v) is 12.3. The fraction of sp³-hybridized carbons (Fsp3) is 1.00. The van der Waals surface area contributed by atoms with E-state index in [0.29, 0.717) is 12.1 Å². The van der Waals surface area contributed by atoms with Gasteiger partial charge >= 0.3 is 0 Å². The molecule has 2 aliphatic rings. The highest BCUT2D eigenvalue weighted by atomic mass is 35.5. The molecule has 0 unspecified atom stereocenters. The second-order valence-electron chi connectivity index (χ2n) is 5.37. The fourth-order valence-electron chi connectivity index (χ4n) is 3.11. The predicted molar refractivity (Wildman–Crippen MR) is 60.9 cm³/mol. The number of aliphatic hydroxyl groups excluding tert-OH is 2. The highest BCUT2D eigenvalue weighted by Gasteiger charge is 2.29. The highest BCUT2D eigenvalue weighted by molar-refractivity contribution is 4.75. The van der Waals surface area contributed by atoms with Gasteiger partial charge in [-0.1, -0.05) is 0 Å². The summed E-state index contributed by atoms with van der Waals surface area (Å²) >= 11 is 0. The number of hydrogen-bond donors (Lipinski definition) is 4. The van der Waals surface area contributed by atoms with E-state index in [-0.39, 0.29) is 37.0 Å². The average molecular weight is 301 g/mol. The van der Waals surface area contributed by atoms with Crippen molar-refractivity contribution in [3.05, 3.63) is 0 Å². The minimum atomic E-state index is -0.0860. The van der Waals surface area contributed by atoms with Gasteiger partial charge in [-0.25, -0.2) is 0 Å². The van der Waals surface area contributed by atoms with Crippen LogP contribution in [-0.2, 0) is 0 Å². The molecule has 18 heavy (non-hydrogen) atoms.